The maximum Gasteiger partial charge on any atom is 0.341 e. The highest BCUT2D eigenvalue weighted by atomic mass is 32.2. The molecule has 1 atom stereocenters. The molecule has 0 saturated carbocycles. The third kappa shape index (κ3) is 5.79. The Morgan fingerprint density at radius 1 is 1.08 bits per heavy atom. The zero-order chi connectivity index (χ0) is 27.6. The summed E-state index contributed by atoms with van der Waals surface area (Å²) < 4.78 is 33.4. The van der Waals surface area contributed by atoms with Crippen molar-refractivity contribution in [2.24, 2.45) is 0 Å². The van der Waals surface area contributed by atoms with Gasteiger partial charge in [0.2, 0.25) is 15.9 Å². The number of thiophene rings is 1. The quantitative estimate of drug-likeness (QED) is 0.400. The lowest BCUT2D eigenvalue weighted by Gasteiger charge is -2.27. The predicted octanol–water partition coefficient (Wildman–Crippen LogP) is 4.58. The van der Waals surface area contributed by atoms with Gasteiger partial charge in [-0.2, -0.15) is 4.31 Å². The molecule has 1 N–H and O–H groups in total. The summed E-state index contributed by atoms with van der Waals surface area (Å²) in [6, 6.07) is 16.0. The third-order valence-corrected chi connectivity index (χ3v) is 10.3. The number of aryl methyl sites for hydroxylation is 1. The molecular weight excluding hydrogens is 534 g/mol. The summed E-state index contributed by atoms with van der Waals surface area (Å²) in [6.07, 6.45) is 1.67. The number of benzene rings is 2. The molecule has 39 heavy (non-hydrogen) atoms. The monoisotopic (exact) mass is 567 g/mol. The Kier molecular flexibility index (Phi) is 8.18. The second kappa shape index (κ2) is 11.6. The molecule has 3 heterocycles. The van der Waals surface area contributed by atoms with Crippen LogP contribution in [0.2, 0.25) is 0 Å². The number of amides is 1. The number of carbonyl (C=O) groups is 2. The number of rotatable bonds is 8. The fraction of sp³-hybridized carbons (Fsp3) is 0.379. The van der Waals surface area contributed by atoms with Gasteiger partial charge in [-0.25, -0.2) is 13.2 Å². The van der Waals surface area contributed by atoms with Crippen LogP contribution < -0.4 is 5.32 Å². The Labute approximate surface area is 233 Å². The molecule has 5 rings (SSSR count). The van der Waals surface area contributed by atoms with E-state index in [1.165, 1.54) is 21.2 Å². The van der Waals surface area contributed by atoms with Gasteiger partial charge in [0.05, 0.1) is 17.1 Å². The number of hydrogen-bond acceptors (Lipinski definition) is 7. The van der Waals surface area contributed by atoms with Gasteiger partial charge in [0.15, 0.2) is 0 Å². The molecular formula is C29H33N3O5S2. The largest absolute Gasteiger partial charge is 0.462 e. The van der Waals surface area contributed by atoms with E-state index in [-0.39, 0.29) is 18.0 Å². The van der Waals surface area contributed by atoms with Crippen LogP contribution in [0.4, 0.5) is 5.00 Å². The molecule has 8 nitrogen and oxygen atoms in total. The van der Waals surface area contributed by atoms with Gasteiger partial charge in [-0.3, -0.25) is 9.69 Å². The summed E-state index contributed by atoms with van der Waals surface area (Å²) in [5, 5.41) is 3.37. The lowest BCUT2D eigenvalue weighted by molar-refractivity contribution is -0.119. The van der Waals surface area contributed by atoms with Gasteiger partial charge >= 0.3 is 5.97 Å². The van der Waals surface area contributed by atoms with Crippen molar-refractivity contribution in [1.82, 2.24) is 9.21 Å². The van der Waals surface area contributed by atoms with E-state index in [0.29, 0.717) is 36.4 Å². The number of esters is 1. The van der Waals surface area contributed by atoms with E-state index < -0.39 is 27.9 Å². The summed E-state index contributed by atoms with van der Waals surface area (Å²) in [5.41, 5.74) is 3.48. The van der Waals surface area contributed by atoms with Crippen LogP contribution in [0, 0.1) is 6.92 Å². The molecule has 10 heteroatoms. The summed E-state index contributed by atoms with van der Waals surface area (Å²) in [4.78, 5) is 30.1. The number of hydrogen-bond donors (Lipinski definition) is 1. The highest BCUT2D eigenvalue weighted by molar-refractivity contribution is 7.89. The molecule has 0 spiro atoms. The number of carbonyl (C=O) groups excluding carboxylic acids is 2. The molecule has 206 valence electrons. The first-order chi connectivity index (χ1) is 18.8. The third-order valence-electron chi connectivity index (χ3n) is 7.24. The smallest absolute Gasteiger partial charge is 0.341 e. The van der Waals surface area contributed by atoms with E-state index in [1.807, 2.05) is 25.1 Å². The van der Waals surface area contributed by atoms with Gasteiger partial charge < -0.3 is 10.1 Å². The number of sulfonamides is 1. The Bertz CT molecular complexity index is 1450. The van der Waals surface area contributed by atoms with Crippen molar-refractivity contribution in [2.75, 3.05) is 25.0 Å². The summed E-state index contributed by atoms with van der Waals surface area (Å²) in [6.45, 7) is 6.38. The molecule has 0 aliphatic carbocycles. The van der Waals surface area contributed by atoms with Crippen LogP contribution in [0.3, 0.4) is 0 Å². The lowest BCUT2D eigenvalue weighted by Crippen LogP contribution is -2.43. The average molecular weight is 568 g/mol. The highest BCUT2D eigenvalue weighted by Crippen LogP contribution is 2.39. The van der Waals surface area contributed by atoms with Crippen molar-refractivity contribution >= 4 is 38.2 Å². The van der Waals surface area contributed by atoms with Crippen molar-refractivity contribution < 1.29 is 22.7 Å². The van der Waals surface area contributed by atoms with Crippen LogP contribution >= 0.6 is 11.3 Å². The van der Waals surface area contributed by atoms with Gasteiger partial charge in [-0.1, -0.05) is 48.0 Å². The maximum atomic E-state index is 13.5. The van der Waals surface area contributed by atoms with Crippen LogP contribution in [0.15, 0.2) is 59.5 Å². The molecule has 2 aliphatic heterocycles. The van der Waals surface area contributed by atoms with Gasteiger partial charge in [0.1, 0.15) is 11.0 Å². The molecule has 2 aliphatic rings. The van der Waals surface area contributed by atoms with Crippen LogP contribution in [0.1, 0.15) is 51.7 Å². The molecule has 2 aromatic carbocycles. The summed E-state index contributed by atoms with van der Waals surface area (Å²) >= 11 is 1.38. The Morgan fingerprint density at radius 3 is 2.54 bits per heavy atom. The first-order valence-corrected chi connectivity index (χ1v) is 15.5. The van der Waals surface area contributed by atoms with Crippen LogP contribution in [0.5, 0.6) is 0 Å². The molecule has 0 radical (unpaired) electrons. The molecule has 1 amide bonds. The highest BCUT2D eigenvalue weighted by Gasteiger charge is 2.40. The zero-order valence-electron chi connectivity index (χ0n) is 22.2. The van der Waals surface area contributed by atoms with E-state index in [9.17, 15) is 18.0 Å². The number of anilines is 1. The summed E-state index contributed by atoms with van der Waals surface area (Å²) in [5.74, 6) is -0.883. The van der Waals surface area contributed by atoms with E-state index in [2.05, 4.69) is 22.3 Å². The Balaban J connectivity index is 1.38. The minimum absolute atomic E-state index is 0.171. The Hall–Kier alpha value is -3.05. The van der Waals surface area contributed by atoms with Crippen molar-refractivity contribution in [2.45, 2.75) is 57.1 Å². The molecule has 0 bridgehead atoms. The minimum Gasteiger partial charge on any atom is -0.462 e. The van der Waals surface area contributed by atoms with Gasteiger partial charge in [-0.15, -0.1) is 11.3 Å². The maximum absolute atomic E-state index is 13.5. The van der Waals surface area contributed by atoms with Crippen LogP contribution in [0.25, 0.3) is 0 Å². The molecule has 1 unspecified atom stereocenters. The first-order valence-electron chi connectivity index (χ1n) is 13.2. The van der Waals surface area contributed by atoms with Gasteiger partial charge in [0.25, 0.3) is 0 Å². The lowest BCUT2D eigenvalue weighted by atomic mass is 10.0. The number of nitrogens with one attached hydrogen (secondary N) is 1. The average Bonchev–Trinajstić information content (AvgIpc) is 3.55. The van der Waals surface area contributed by atoms with Gasteiger partial charge in [0, 0.05) is 31.1 Å². The number of fused-ring (bicyclic) bond motifs is 1. The number of nitrogens with zero attached hydrogens (tertiary/aromatic N) is 2. The summed E-state index contributed by atoms with van der Waals surface area (Å²) in [7, 11) is -3.84. The molecule has 1 aromatic heterocycles. The fourth-order valence-electron chi connectivity index (χ4n) is 5.27. The minimum atomic E-state index is -3.84. The fourth-order valence-corrected chi connectivity index (χ4v) is 8.21. The standard InChI is InChI=1S/C29H33N3O5S2/c1-3-37-29(34)26-23-15-17-31(18-21-8-5-4-6-9-21)19-25(23)38-28(26)30-27(33)24-10-7-16-32(24)39(35,36)22-13-11-20(2)12-14-22/h4-6,8-9,11-14,24H,3,7,10,15-19H2,1-2H3,(H,30,33). The second-order valence-corrected chi connectivity index (χ2v) is 12.9. The van der Waals surface area contributed by atoms with Crippen molar-refractivity contribution in [3.8, 4) is 0 Å². The number of ether oxygens (including phenoxy) is 1. The van der Waals surface area contributed by atoms with E-state index in [1.54, 1.807) is 31.2 Å². The molecule has 1 saturated heterocycles. The van der Waals surface area contributed by atoms with E-state index in [0.717, 1.165) is 29.1 Å². The molecule has 3 aromatic rings. The van der Waals surface area contributed by atoms with Crippen LogP contribution in [-0.2, 0) is 39.1 Å². The van der Waals surface area contributed by atoms with Crippen molar-refractivity contribution in [1.29, 1.82) is 0 Å². The van der Waals surface area contributed by atoms with E-state index >= 15 is 0 Å². The zero-order valence-corrected chi connectivity index (χ0v) is 23.8. The molecule has 1 fully saturated rings. The SMILES string of the molecule is CCOC(=O)c1c(NC(=O)C2CCCN2S(=O)(=O)c2ccc(C)cc2)sc2c1CCN(Cc1ccccc1)C2. The first kappa shape index (κ1) is 27.5. The Morgan fingerprint density at radius 2 is 1.82 bits per heavy atom. The second-order valence-electron chi connectivity index (χ2n) is 9.95. The van der Waals surface area contributed by atoms with Gasteiger partial charge in [-0.05, 0) is 56.4 Å². The predicted molar refractivity (Wildman–Crippen MR) is 151 cm³/mol. The topological polar surface area (TPSA) is 96.0 Å². The normalized spacial score (nSPS) is 18.1. The van der Waals surface area contributed by atoms with Crippen LogP contribution in [-0.4, -0.2) is 55.2 Å². The van der Waals surface area contributed by atoms with Crippen molar-refractivity contribution in [3.05, 3.63) is 81.7 Å². The van der Waals surface area contributed by atoms with Crippen molar-refractivity contribution in [3.63, 3.8) is 0 Å². The van der Waals surface area contributed by atoms with E-state index in [4.69, 9.17) is 4.74 Å².